The minimum Gasteiger partial charge on any atom is -0.352 e. The first-order valence-electron chi connectivity index (χ1n) is 7.44. The Morgan fingerprint density at radius 2 is 1.95 bits per heavy atom. The first kappa shape index (κ1) is 13.6. The van der Waals surface area contributed by atoms with Crippen LogP contribution in [0.3, 0.4) is 0 Å². The number of halogens is 1. The van der Waals surface area contributed by atoms with Gasteiger partial charge in [0.2, 0.25) is 5.91 Å². The van der Waals surface area contributed by atoms with Crippen molar-refractivity contribution in [1.82, 2.24) is 10.6 Å². The Labute approximate surface area is 118 Å². The predicted molar refractivity (Wildman–Crippen MR) is 75.9 cm³/mol. The van der Waals surface area contributed by atoms with E-state index in [0.29, 0.717) is 12.1 Å². The maximum absolute atomic E-state index is 13.6. The number of hydrogen-bond acceptors (Lipinski definition) is 2. The molecule has 1 aromatic carbocycles. The molecule has 1 amide bonds. The van der Waals surface area contributed by atoms with Crippen molar-refractivity contribution in [3.8, 4) is 0 Å². The fourth-order valence-corrected chi connectivity index (χ4v) is 2.80. The molecule has 0 aliphatic heterocycles. The Balaban J connectivity index is 1.46. The largest absolute Gasteiger partial charge is 0.352 e. The number of hydrogen-bond donors (Lipinski definition) is 2. The molecule has 0 bridgehead atoms. The number of nitrogens with one attached hydrogen (secondary N) is 2. The van der Waals surface area contributed by atoms with E-state index in [2.05, 4.69) is 10.6 Å². The predicted octanol–water partition coefficient (Wildman–Crippen LogP) is 2.33. The van der Waals surface area contributed by atoms with E-state index in [1.54, 1.807) is 6.07 Å². The number of carbonyl (C=O) groups excluding carboxylic acids is 1. The molecule has 2 aliphatic carbocycles. The van der Waals surface area contributed by atoms with Crippen molar-refractivity contribution in [3.05, 3.63) is 35.6 Å². The Hall–Kier alpha value is -1.42. The second kappa shape index (κ2) is 5.52. The molecule has 0 radical (unpaired) electrons. The maximum Gasteiger partial charge on any atom is 0.237 e. The fourth-order valence-electron chi connectivity index (χ4n) is 2.80. The van der Waals surface area contributed by atoms with Crippen molar-refractivity contribution in [1.29, 1.82) is 0 Å². The highest BCUT2D eigenvalue weighted by atomic mass is 19.1. The van der Waals surface area contributed by atoms with Crippen LogP contribution in [0.25, 0.3) is 0 Å². The molecule has 1 unspecified atom stereocenters. The lowest BCUT2D eigenvalue weighted by molar-refractivity contribution is -0.123. The van der Waals surface area contributed by atoms with E-state index in [0.717, 1.165) is 31.2 Å². The van der Waals surface area contributed by atoms with Gasteiger partial charge in [-0.25, -0.2) is 4.39 Å². The highest BCUT2D eigenvalue weighted by Gasteiger charge is 2.34. The van der Waals surface area contributed by atoms with Gasteiger partial charge in [0.25, 0.3) is 0 Å². The van der Waals surface area contributed by atoms with Gasteiger partial charge in [-0.05, 0) is 50.2 Å². The average Bonchev–Trinajstić information content (AvgIpc) is 3.18. The molecule has 2 fully saturated rings. The van der Waals surface area contributed by atoms with Crippen molar-refractivity contribution in [2.24, 2.45) is 0 Å². The molecule has 20 heavy (non-hydrogen) atoms. The van der Waals surface area contributed by atoms with Gasteiger partial charge in [0.15, 0.2) is 0 Å². The lowest BCUT2D eigenvalue weighted by atomic mass is 9.75. The quantitative estimate of drug-likeness (QED) is 0.866. The molecule has 0 spiro atoms. The molecule has 2 N–H and O–H groups in total. The Morgan fingerprint density at radius 1 is 1.25 bits per heavy atom. The van der Waals surface area contributed by atoms with Gasteiger partial charge in [0.05, 0.1) is 6.04 Å². The fraction of sp³-hybridized carbons (Fsp3) is 0.562. The summed E-state index contributed by atoms with van der Waals surface area (Å²) in [4.78, 5) is 11.8. The van der Waals surface area contributed by atoms with Gasteiger partial charge in [-0.15, -0.1) is 0 Å². The summed E-state index contributed by atoms with van der Waals surface area (Å²) < 4.78 is 13.6. The van der Waals surface area contributed by atoms with Crippen LogP contribution in [-0.2, 0) is 4.79 Å². The van der Waals surface area contributed by atoms with Crippen LogP contribution in [0.4, 0.5) is 4.39 Å². The molecule has 0 heterocycles. The summed E-state index contributed by atoms with van der Waals surface area (Å²) in [6.45, 7) is 1.90. The first-order chi connectivity index (χ1) is 9.63. The molecule has 2 saturated carbocycles. The zero-order valence-electron chi connectivity index (χ0n) is 11.7. The minimum atomic E-state index is -0.165. The molecular weight excluding hydrogens is 255 g/mol. The van der Waals surface area contributed by atoms with Crippen LogP contribution in [-0.4, -0.2) is 24.0 Å². The maximum atomic E-state index is 13.6. The van der Waals surface area contributed by atoms with Crippen LogP contribution >= 0.6 is 0 Å². The third-order valence-corrected chi connectivity index (χ3v) is 4.29. The third kappa shape index (κ3) is 3.01. The summed E-state index contributed by atoms with van der Waals surface area (Å²) in [7, 11) is 0. The van der Waals surface area contributed by atoms with Crippen LogP contribution in [0, 0.1) is 5.82 Å². The first-order valence-corrected chi connectivity index (χ1v) is 7.44. The second-order valence-corrected chi connectivity index (χ2v) is 6.06. The van der Waals surface area contributed by atoms with Crippen molar-refractivity contribution in [2.75, 3.05) is 0 Å². The van der Waals surface area contributed by atoms with Crippen LogP contribution in [0.5, 0.6) is 0 Å². The van der Waals surface area contributed by atoms with Crippen molar-refractivity contribution >= 4 is 5.91 Å². The third-order valence-electron chi connectivity index (χ3n) is 4.29. The average molecular weight is 276 g/mol. The van der Waals surface area contributed by atoms with E-state index in [4.69, 9.17) is 0 Å². The van der Waals surface area contributed by atoms with E-state index in [1.165, 1.54) is 6.07 Å². The topological polar surface area (TPSA) is 41.1 Å². The normalized spacial score (nSPS) is 26.7. The standard InChI is InChI=1S/C16H21FN2O/c1-10(16(20)19-12-6-7-12)18-13-8-11(9-13)14-4-2-3-5-15(14)17/h2-5,10-13,18H,6-9H2,1H3,(H,19,20). The highest BCUT2D eigenvalue weighted by Crippen LogP contribution is 2.38. The molecule has 3 rings (SSSR count). The molecule has 108 valence electrons. The van der Waals surface area contributed by atoms with Crippen LogP contribution in [0.1, 0.15) is 44.1 Å². The van der Waals surface area contributed by atoms with Crippen molar-refractivity contribution in [3.63, 3.8) is 0 Å². The van der Waals surface area contributed by atoms with Crippen molar-refractivity contribution in [2.45, 2.75) is 56.7 Å². The zero-order chi connectivity index (χ0) is 14.1. The molecule has 1 atom stereocenters. The second-order valence-electron chi connectivity index (χ2n) is 6.06. The molecule has 0 aromatic heterocycles. The number of benzene rings is 1. The monoisotopic (exact) mass is 276 g/mol. The molecular formula is C16H21FN2O. The number of carbonyl (C=O) groups is 1. The smallest absolute Gasteiger partial charge is 0.237 e. The number of rotatable bonds is 5. The highest BCUT2D eigenvalue weighted by molar-refractivity contribution is 5.81. The van der Waals surface area contributed by atoms with Gasteiger partial charge < -0.3 is 10.6 Å². The summed E-state index contributed by atoms with van der Waals surface area (Å²) in [5.41, 5.74) is 0.806. The van der Waals surface area contributed by atoms with E-state index >= 15 is 0 Å². The molecule has 2 aliphatic rings. The lowest BCUT2D eigenvalue weighted by Gasteiger charge is -2.38. The molecule has 4 heteroatoms. The Bertz CT molecular complexity index is 495. The Kier molecular flexibility index (Phi) is 3.74. The summed E-state index contributed by atoms with van der Waals surface area (Å²) in [5.74, 6) is 0.254. The van der Waals surface area contributed by atoms with Gasteiger partial charge in [-0.3, -0.25) is 4.79 Å². The van der Waals surface area contributed by atoms with Gasteiger partial charge >= 0.3 is 0 Å². The summed E-state index contributed by atoms with van der Waals surface area (Å²) in [6, 6.07) is 7.53. The van der Waals surface area contributed by atoms with E-state index in [9.17, 15) is 9.18 Å². The molecule has 3 nitrogen and oxygen atoms in total. The lowest BCUT2D eigenvalue weighted by Crippen LogP contribution is -2.51. The van der Waals surface area contributed by atoms with Crippen LogP contribution in [0.15, 0.2) is 24.3 Å². The van der Waals surface area contributed by atoms with Gasteiger partial charge in [0, 0.05) is 12.1 Å². The summed E-state index contributed by atoms with van der Waals surface area (Å²) in [6.07, 6.45) is 4.03. The van der Waals surface area contributed by atoms with Gasteiger partial charge in [-0.1, -0.05) is 18.2 Å². The van der Waals surface area contributed by atoms with E-state index in [-0.39, 0.29) is 23.7 Å². The Morgan fingerprint density at radius 3 is 2.60 bits per heavy atom. The van der Waals surface area contributed by atoms with Crippen LogP contribution < -0.4 is 10.6 Å². The molecule has 1 aromatic rings. The van der Waals surface area contributed by atoms with E-state index < -0.39 is 0 Å². The molecule has 0 saturated heterocycles. The van der Waals surface area contributed by atoms with Gasteiger partial charge in [-0.2, -0.15) is 0 Å². The summed E-state index contributed by atoms with van der Waals surface area (Å²) >= 11 is 0. The van der Waals surface area contributed by atoms with Gasteiger partial charge in [0.1, 0.15) is 5.82 Å². The zero-order valence-corrected chi connectivity index (χ0v) is 11.7. The summed E-state index contributed by atoms with van der Waals surface area (Å²) in [5, 5.41) is 6.33. The van der Waals surface area contributed by atoms with Crippen LogP contribution in [0.2, 0.25) is 0 Å². The van der Waals surface area contributed by atoms with E-state index in [1.807, 2.05) is 19.1 Å². The van der Waals surface area contributed by atoms with Crippen molar-refractivity contribution < 1.29 is 9.18 Å². The SMILES string of the molecule is CC(NC1CC(c2ccccc2F)C1)C(=O)NC1CC1. The minimum absolute atomic E-state index is 0.0850. The number of amides is 1.